The van der Waals surface area contributed by atoms with Gasteiger partial charge in [0.15, 0.2) is 0 Å². The molecule has 0 amide bonds. The van der Waals surface area contributed by atoms with E-state index in [0.717, 1.165) is 29.8 Å². The van der Waals surface area contributed by atoms with Gasteiger partial charge in [-0.15, -0.1) is 5.10 Å². The minimum Gasteiger partial charge on any atom is -0.468 e. The molecule has 7 heteroatoms. The second kappa shape index (κ2) is 6.90. The van der Waals surface area contributed by atoms with Crippen LogP contribution in [0.3, 0.4) is 0 Å². The summed E-state index contributed by atoms with van der Waals surface area (Å²) in [6, 6.07) is 4.38. The molecule has 1 aliphatic rings. The summed E-state index contributed by atoms with van der Waals surface area (Å²) in [5.41, 5.74) is 0. The van der Waals surface area contributed by atoms with Crippen LogP contribution >= 0.6 is 11.8 Å². The fraction of sp³-hybridized carbons (Fsp3) is 0.615. The molecule has 0 unspecified atom stereocenters. The Kier molecular flexibility index (Phi) is 4.70. The Labute approximate surface area is 122 Å². The number of nitrogens with one attached hydrogen (secondary N) is 1. The van der Waals surface area contributed by atoms with Crippen LogP contribution < -0.4 is 5.32 Å². The van der Waals surface area contributed by atoms with Gasteiger partial charge >= 0.3 is 0 Å². The molecule has 0 aromatic carbocycles. The molecule has 1 N–H and O–H groups in total. The lowest BCUT2D eigenvalue weighted by Gasteiger charge is -2.10. The highest BCUT2D eigenvalue weighted by Gasteiger charge is 2.21. The largest absolute Gasteiger partial charge is 0.468 e. The maximum absolute atomic E-state index is 5.27. The molecular formula is C13H19N5OS. The number of rotatable bonds is 7. The number of nitrogens with zero attached hydrogens (tertiary/aromatic N) is 4. The van der Waals surface area contributed by atoms with Crippen molar-refractivity contribution >= 4 is 11.8 Å². The lowest BCUT2D eigenvalue weighted by atomic mass is 10.3. The smallest absolute Gasteiger partial charge is 0.209 e. The van der Waals surface area contributed by atoms with Crippen LogP contribution in [-0.4, -0.2) is 32.5 Å². The summed E-state index contributed by atoms with van der Waals surface area (Å²) in [5.74, 6) is 1.92. The van der Waals surface area contributed by atoms with Gasteiger partial charge in [0.25, 0.3) is 0 Å². The first-order valence-electron chi connectivity index (χ1n) is 7.07. The average Bonchev–Trinajstić information content (AvgIpc) is 3.20. The molecule has 0 radical (unpaired) electrons. The van der Waals surface area contributed by atoms with Crippen LogP contribution in [0.15, 0.2) is 28.0 Å². The molecule has 0 aliphatic heterocycles. The number of hydrogen-bond acceptors (Lipinski definition) is 6. The zero-order valence-electron chi connectivity index (χ0n) is 11.4. The maximum atomic E-state index is 5.27. The lowest BCUT2D eigenvalue weighted by Crippen LogP contribution is -2.16. The van der Waals surface area contributed by atoms with E-state index in [1.165, 1.54) is 25.7 Å². The van der Waals surface area contributed by atoms with Crippen LogP contribution in [0.4, 0.5) is 0 Å². The Bertz CT molecular complexity index is 507. The average molecular weight is 293 g/mol. The first-order chi connectivity index (χ1) is 9.93. The molecule has 2 aromatic heterocycles. The van der Waals surface area contributed by atoms with Crippen molar-refractivity contribution in [3.63, 3.8) is 0 Å². The van der Waals surface area contributed by atoms with E-state index >= 15 is 0 Å². The van der Waals surface area contributed by atoms with E-state index in [1.807, 2.05) is 16.8 Å². The van der Waals surface area contributed by atoms with Crippen molar-refractivity contribution in [3.8, 4) is 0 Å². The van der Waals surface area contributed by atoms with Crippen molar-refractivity contribution in [1.29, 1.82) is 0 Å². The van der Waals surface area contributed by atoms with E-state index in [0.29, 0.717) is 6.04 Å². The molecule has 2 heterocycles. The van der Waals surface area contributed by atoms with Crippen LogP contribution in [0.1, 0.15) is 37.5 Å². The van der Waals surface area contributed by atoms with Gasteiger partial charge in [0.2, 0.25) is 5.16 Å². The summed E-state index contributed by atoms with van der Waals surface area (Å²) in [6.07, 6.45) is 6.69. The zero-order chi connectivity index (χ0) is 13.6. The molecule has 3 rings (SSSR count). The second-order valence-electron chi connectivity index (χ2n) is 4.95. The van der Waals surface area contributed by atoms with Crippen LogP contribution in [0, 0.1) is 0 Å². The summed E-state index contributed by atoms with van der Waals surface area (Å²) in [6.45, 7) is 1.67. The fourth-order valence-corrected chi connectivity index (χ4v) is 3.34. The minimum absolute atomic E-state index is 0.503. The van der Waals surface area contributed by atoms with E-state index in [1.54, 1.807) is 18.0 Å². The number of hydrogen-bond donors (Lipinski definition) is 1. The van der Waals surface area contributed by atoms with Gasteiger partial charge < -0.3 is 9.73 Å². The molecule has 0 saturated heterocycles. The molecule has 0 bridgehead atoms. The number of tetrazole rings is 1. The van der Waals surface area contributed by atoms with Crippen molar-refractivity contribution in [2.24, 2.45) is 0 Å². The van der Waals surface area contributed by atoms with Gasteiger partial charge in [-0.2, -0.15) is 0 Å². The van der Waals surface area contributed by atoms with Gasteiger partial charge in [0.05, 0.1) is 18.8 Å². The Balaban J connectivity index is 1.41. The number of aromatic nitrogens is 4. The Morgan fingerprint density at radius 2 is 2.30 bits per heavy atom. The summed E-state index contributed by atoms with van der Waals surface area (Å²) in [5, 5.41) is 16.4. The van der Waals surface area contributed by atoms with Gasteiger partial charge in [0, 0.05) is 12.3 Å². The van der Waals surface area contributed by atoms with E-state index in [-0.39, 0.29) is 0 Å². The third-order valence-electron chi connectivity index (χ3n) is 3.52. The van der Waals surface area contributed by atoms with Crippen molar-refractivity contribution < 1.29 is 4.42 Å². The van der Waals surface area contributed by atoms with E-state index in [2.05, 4.69) is 20.8 Å². The molecule has 0 atom stereocenters. The first-order valence-corrected chi connectivity index (χ1v) is 8.06. The fourth-order valence-electron chi connectivity index (χ4n) is 2.50. The van der Waals surface area contributed by atoms with Crippen LogP contribution in [0.2, 0.25) is 0 Å². The van der Waals surface area contributed by atoms with E-state index in [9.17, 15) is 0 Å². The predicted molar refractivity (Wildman–Crippen MR) is 76.5 cm³/mol. The summed E-state index contributed by atoms with van der Waals surface area (Å²) in [7, 11) is 0. The second-order valence-corrected chi connectivity index (χ2v) is 6.01. The van der Waals surface area contributed by atoms with Gasteiger partial charge in [-0.1, -0.05) is 24.6 Å². The lowest BCUT2D eigenvalue weighted by molar-refractivity contribution is 0.423. The highest BCUT2D eigenvalue weighted by Crippen LogP contribution is 2.31. The third kappa shape index (κ3) is 3.40. The third-order valence-corrected chi connectivity index (χ3v) is 4.46. The summed E-state index contributed by atoms with van der Waals surface area (Å²) >= 11 is 1.71. The monoisotopic (exact) mass is 293 g/mol. The minimum atomic E-state index is 0.503. The molecular weight excluding hydrogens is 274 g/mol. The molecule has 1 aliphatic carbocycles. The SMILES string of the molecule is c1coc(CNCCSc2nnnn2C2CCCC2)c1. The number of furan rings is 1. The predicted octanol–water partition coefficient (Wildman–Crippen LogP) is 2.26. The normalized spacial score (nSPS) is 16.0. The molecule has 0 spiro atoms. The van der Waals surface area contributed by atoms with Crippen molar-refractivity contribution in [2.45, 2.75) is 43.4 Å². The summed E-state index contributed by atoms with van der Waals surface area (Å²) < 4.78 is 7.27. The van der Waals surface area contributed by atoms with Crippen molar-refractivity contribution in [3.05, 3.63) is 24.2 Å². The van der Waals surface area contributed by atoms with E-state index < -0.39 is 0 Å². The highest BCUT2D eigenvalue weighted by atomic mass is 32.2. The maximum Gasteiger partial charge on any atom is 0.209 e. The molecule has 20 heavy (non-hydrogen) atoms. The zero-order valence-corrected chi connectivity index (χ0v) is 12.2. The van der Waals surface area contributed by atoms with Crippen molar-refractivity contribution in [1.82, 2.24) is 25.5 Å². The molecule has 6 nitrogen and oxygen atoms in total. The van der Waals surface area contributed by atoms with Gasteiger partial charge in [-0.05, 0) is 35.4 Å². The standard InChI is InChI=1S/C13H19N5OS/c1-2-5-11(4-1)18-13(15-16-17-18)20-9-7-14-10-12-6-3-8-19-12/h3,6,8,11,14H,1-2,4-5,7,9-10H2. The van der Waals surface area contributed by atoms with Crippen LogP contribution in [0.25, 0.3) is 0 Å². The quantitative estimate of drug-likeness (QED) is 0.624. The Hall–Kier alpha value is -1.34. The first kappa shape index (κ1) is 13.6. The topological polar surface area (TPSA) is 68.8 Å². The molecule has 108 valence electrons. The van der Waals surface area contributed by atoms with Crippen molar-refractivity contribution in [2.75, 3.05) is 12.3 Å². The van der Waals surface area contributed by atoms with Gasteiger partial charge in [-0.3, -0.25) is 0 Å². The number of thioether (sulfide) groups is 1. The molecule has 2 aromatic rings. The summed E-state index contributed by atoms with van der Waals surface area (Å²) in [4.78, 5) is 0. The van der Waals surface area contributed by atoms with Crippen LogP contribution in [0.5, 0.6) is 0 Å². The van der Waals surface area contributed by atoms with Gasteiger partial charge in [0.1, 0.15) is 5.76 Å². The molecule has 1 saturated carbocycles. The molecule has 1 fully saturated rings. The Morgan fingerprint density at radius 3 is 3.10 bits per heavy atom. The highest BCUT2D eigenvalue weighted by molar-refractivity contribution is 7.99. The van der Waals surface area contributed by atoms with E-state index in [4.69, 9.17) is 4.42 Å². The Morgan fingerprint density at radius 1 is 1.40 bits per heavy atom. The van der Waals surface area contributed by atoms with Gasteiger partial charge in [-0.25, -0.2) is 4.68 Å². The van der Waals surface area contributed by atoms with Crippen LogP contribution in [-0.2, 0) is 6.54 Å².